The average molecular weight is 395 g/mol. The van der Waals surface area contributed by atoms with Gasteiger partial charge in [-0.25, -0.2) is 9.48 Å². The summed E-state index contributed by atoms with van der Waals surface area (Å²) < 4.78 is 40.5. The first kappa shape index (κ1) is 19.9. The molecular weight excluding hydrogens is 375 g/mol. The zero-order valence-electron chi connectivity index (χ0n) is 15.2. The van der Waals surface area contributed by atoms with E-state index in [2.05, 4.69) is 12.0 Å². The van der Waals surface area contributed by atoms with Crippen LogP contribution in [0.5, 0.6) is 0 Å². The van der Waals surface area contributed by atoms with Gasteiger partial charge < -0.3 is 10.0 Å². The molecule has 1 aliphatic heterocycles. The van der Waals surface area contributed by atoms with Gasteiger partial charge in [0.15, 0.2) is 5.69 Å². The van der Waals surface area contributed by atoms with Crippen molar-refractivity contribution in [2.75, 3.05) is 13.1 Å². The Morgan fingerprint density at radius 2 is 1.93 bits per heavy atom. The molecule has 150 valence electrons. The Hall–Kier alpha value is -2.84. The summed E-state index contributed by atoms with van der Waals surface area (Å²) in [7, 11) is 0. The first-order chi connectivity index (χ1) is 13.2. The van der Waals surface area contributed by atoms with Crippen molar-refractivity contribution in [3.05, 3.63) is 47.3 Å². The molecule has 3 rings (SSSR count). The standard InChI is InChI=1S/C19H20F3N3O3/c1-2-12-4-3-9-24(11-12)17(26)13-5-7-14(8-6-13)25-16(19(20,21)22)15(10-23-25)18(27)28/h5-8,10,12H,2-4,9,11H2,1H3,(H,27,28). The average Bonchev–Trinajstić information content (AvgIpc) is 3.13. The zero-order chi connectivity index (χ0) is 20.5. The Morgan fingerprint density at radius 1 is 1.25 bits per heavy atom. The monoisotopic (exact) mass is 395 g/mol. The summed E-state index contributed by atoms with van der Waals surface area (Å²) >= 11 is 0. The molecule has 9 heteroatoms. The molecule has 1 atom stereocenters. The lowest BCUT2D eigenvalue weighted by Crippen LogP contribution is -2.39. The van der Waals surface area contributed by atoms with Gasteiger partial charge in [0.2, 0.25) is 0 Å². The highest BCUT2D eigenvalue weighted by molar-refractivity contribution is 5.94. The summed E-state index contributed by atoms with van der Waals surface area (Å²) in [5.41, 5.74) is -1.88. The second-order valence-electron chi connectivity index (χ2n) is 6.84. The number of carbonyl (C=O) groups excluding carboxylic acids is 1. The molecule has 28 heavy (non-hydrogen) atoms. The number of benzene rings is 1. The van der Waals surface area contributed by atoms with Gasteiger partial charge in [-0.2, -0.15) is 18.3 Å². The van der Waals surface area contributed by atoms with E-state index in [1.54, 1.807) is 4.90 Å². The molecule has 0 spiro atoms. The fourth-order valence-electron chi connectivity index (χ4n) is 3.48. The molecule has 1 aliphatic rings. The van der Waals surface area contributed by atoms with Crippen LogP contribution in [0.1, 0.15) is 52.6 Å². The molecule has 0 aliphatic carbocycles. The summed E-state index contributed by atoms with van der Waals surface area (Å²) in [5.74, 6) is -1.40. The number of likely N-dealkylation sites (tertiary alicyclic amines) is 1. The summed E-state index contributed by atoms with van der Waals surface area (Å²) in [6.07, 6.45) is -1.20. The number of alkyl halides is 3. The van der Waals surface area contributed by atoms with Gasteiger partial charge >= 0.3 is 12.1 Å². The van der Waals surface area contributed by atoms with Crippen molar-refractivity contribution in [1.82, 2.24) is 14.7 Å². The number of carbonyl (C=O) groups is 2. The number of hydrogen-bond acceptors (Lipinski definition) is 3. The zero-order valence-corrected chi connectivity index (χ0v) is 15.2. The van der Waals surface area contributed by atoms with E-state index in [4.69, 9.17) is 5.11 Å². The molecule has 1 saturated heterocycles. The Balaban J connectivity index is 1.87. The highest BCUT2D eigenvalue weighted by atomic mass is 19.4. The number of piperidine rings is 1. The number of carboxylic acid groups (broad SMARTS) is 1. The number of aromatic nitrogens is 2. The normalized spacial score (nSPS) is 17.6. The molecule has 1 fully saturated rings. The van der Waals surface area contributed by atoms with E-state index < -0.39 is 23.4 Å². The van der Waals surface area contributed by atoms with Crippen molar-refractivity contribution in [1.29, 1.82) is 0 Å². The van der Waals surface area contributed by atoms with Crippen molar-refractivity contribution in [3.8, 4) is 5.69 Å². The first-order valence-corrected chi connectivity index (χ1v) is 9.00. The van der Waals surface area contributed by atoms with Crippen molar-refractivity contribution in [2.24, 2.45) is 5.92 Å². The summed E-state index contributed by atoms with van der Waals surface area (Å²) in [6, 6.07) is 5.55. The molecule has 1 amide bonds. The van der Waals surface area contributed by atoms with E-state index in [-0.39, 0.29) is 11.6 Å². The lowest BCUT2D eigenvalue weighted by molar-refractivity contribution is -0.143. The minimum Gasteiger partial charge on any atom is -0.478 e. The maximum Gasteiger partial charge on any atom is 0.434 e. The highest BCUT2D eigenvalue weighted by Crippen LogP contribution is 2.33. The van der Waals surface area contributed by atoms with Crippen molar-refractivity contribution in [3.63, 3.8) is 0 Å². The highest BCUT2D eigenvalue weighted by Gasteiger charge is 2.40. The second-order valence-corrected chi connectivity index (χ2v) is 6.84. The third kappa shape index (κ3) is 3.88. The topological polar surface area (TPSA) is 75.4 Å². The van der Waals surface area contributed by atoms with Gasteiger partial charge in [0.25, 0.3) is 5.91 Å². The van der Waals surface area contributed by atoms with Gasteiger partial charge in [0.1, 0.15) is 5.56 Å². The SMILES string of the molecule is CCC1CCCN(C(=O)c2ccc(-n3ncc(C(=O)O)c3C(F)(F)F)cc2)C1. The molecule has 1 aromatic heterocycles. The molecule has 2 heterocycles. The van der Waals surface area contributed by atoms with Crippen LogP contribution < -0.4 is 0 Å². The van der Waals surface area contributed by atoms with E-state index in [0.29, 0.717) is 35.4 Å². The van der Waals surface area contributed by atoms with Crippen LogP contribution in [0.4, 0.5) is 13.2 Å². The predicted octanol–water partition coefficient (Wildman–Crippen LogP) is 3.85. The molecule has 0 saturated carbocycles. The molecule has 6 nitrogen and oxygen atoms in total. The van der Waals surface area contributed by atoms with E-state index >= 15 is 0 Å². The first-order valence-electron chi connectivity index (χ1n) is 9.00. The minimum atomic E-state index is -4.89. The van der Waals surface area contributed by atoms with E-state index in [1.807, 2.05) is 0 Å². The number of nitrogens with zero attached hydrogens (tertiary/aromatic N) is 3. The molecule has 0 radical (unpaired) electrons. The Labute approximate surface area is 159 Å². The van der Waals surface area contributed by atoms with Gasteiger partial charge in [0.05, 0.1) is 11.9 Å². The minimum absolute atomic E-state index is 0.0291. The van der Waals surface area contributed by atoms with E-state index in [1.165, 1.54) is 24.3 Å². The quantitative estimate of drug-likeness (QED) is 0.853. The van der Waals surface area contributed by atoms with Gasteiger partial charge in [-0.15, -0.1) is 0 Å². The number of amides is 1. The van der Waals surface area contributed by atoms with Gasteiger partial charge in [-0.1, -0.05) is 13.3 Å². The number of rotatable bonds is 4. The molecular formula is C19H20F3N3O3. The Morgan fingerprint density at radius 3 is 2.50 bits per heavy atom. The fourth-order valence-corrected chi connectivity index (χ4v) is 3.48. The maximum atomic E-state index is 13.3. The van der Waals surface area contributed by atoms with Crippen LogP contribution in [-0.4, -0.2) is 44.8 Å². The summed E-state index contributed by atoms with van der Waals surface area (Å²) in [4.78, 5) is 25.5. The number of aromatic carboxylic acids is 1. The van der Waals surface area contributed by atoms with Crippen LogP contribution in [-0.2, 0) is 6.18 Å². The van der Waals surface area contributed by atoms with Crippen molar-refractivity contribution < 1.29 is 27.9 Å². The lowest BCUT2D eigenvalue weighted by Gasteiger charge is -2.32. The second kappa shape index (κ2) is 7.65. The molecule has 1 N–H and O–H groups in total. The molecule has 1 unspecified atom stereocenters. The third-order valence-corrected chi connectivity index (χ3v) is 5.01. The molecule has 0 bridgehead atoms. The number of hydrogen-bond donors (Lipinski definition) is 1. The Kier molecular flexibility index (Phi) is 5.44. The molecule has 2 aromatic rings. The maximum absolute atomic E-state index is 13.3. The largest absolute Gasteiger partial charge is 0.478 e. The van der Waals surface area contributed by atoms with Gasteiger partial charge in [0, 0.05) is 18.7 Å². The van der Waals surface area contributed by atoms with Crippen LogP contribution in [0.3, 0.4) is 0 Å². The summed E-state index contributed by atoms with van der Waals surface area (Å²) in [6.45, 7) is 3.42. The van der Waals surface area contributed by atoms with Crippen molar-refractivity contribution in [2.45, 2.75) is 32.4 Å². The van der Waals surface area contributed by atoms with Crippen LogP contribution in [0.25, 0.3) is 5.69 Å². The van der Waals surface area contributed by atoms with E-state index in [0.717, 1.165) is 19.3 Å². The predicted molar refractivity (Wildman–Crippen MR) is 94.4 cm³/mol. The van der Waals surface area contributed by atoms with Crippen LogP contribution >= 0.6 is 0 Å². The third-order valence-electron chi connectivity index (χ3n) is 5.01. The van der Waals surface area contributed by atoms with Crippen molar-refractivity contribution >= 4 is 11.9 Å². The van der Waals surface area contributed by atoms with Gasteiger partial charge in [-0.05, 0) is 43.0 Å². The van der Waals surface area contributed by atoms with Crippen LogP contribution in [0.2, 0.25) is 0 Å². The molecule has 1 aromatic carbocycles. The number of halogens is 3. The fraction of sp³-hybridized carbons (Fsp3) is 0.421. The van der Waals surface area contributed by atoms with Crippen LogP contribution in [0, 0.1) is 5.92 Å². The summed E-state index contributed by atoms with van der Waals surface area (Å²) in [5, 5.41) is 12.6. The lowest BCUT2D eigenvalue weighted by atomic mass is 9.95. The smallest absolute Gasteiger partial charge is 0.434 e. The van der Waals surface area contributed by atoms with Crippen LogP contribution in [0.15, 0.2) is 30.5 Å². The van der Waals surface area contributed by atoms with Gasteiger partial charge in [-0.3, -0.25) is 4.79 Å². The van der Waals surface area contributed by atoms with E-state index in [9.17, 15) is 22.8 Å². The Bertz CT molecular complexity index is 875. The number of carboxylic acids is 1.